The zero-order valence-electron chi connectivity index (χ0n) is 11.7. The molecule has 0 spiro atoms. The van der Waals surface area contributed by atoms with Crippen molar-refractivity contribution < 1.29 is 4.79 Å². The standard InChI is InChI=1S/C15H23N3O/c1-2-8-16-14-11-13(7-9-17-14)12-18-10-5-3-4-6-15(18)19/h7,9,11H,2-6,8,10,12H2,1H3,(H,16,17). The van der Waals surface area contributed by atoms with Crippen molar-refractivity contribution in [3.8, 4) is 0 Å². The summed E-state index contributed by atoms with van der Waals surface area (Å²) in [6.45, 7) is 4.66. The molecule has 0 radical (unpaired) electrons. The largest absolute Gasteiger partial charge is 0.370 e. The molecule has 0 aromatic carbocycles. The van der Waals surface area contributed by atoms with Gasteiger partial charge < -0.3 is 10.2 Å². The van der Waals surface area contributed by atoms with Crippen LogP contribution in [0.1, 0.15) is 44.6 Å². The molecule has 2 heterocycles. The molecule has 1 saturated heterocycles. The summed E-state index contributed by atoms with van der Waals surface area (Å²) >= 11 is 0. The second-order valence-corrected chi connectivity index (χ2v) is 5.10. The van der Waals surface area contributed by atoms with Crippen LogP contribution in [0.4, 0.5) is 5.82 Å². The summed E-state index contributed by atoms with van der Waals surface area (Å²) in [7, 11) is 0. The van der Waals surface area contributed by atoms with E-state index in [0.29, 0.717) is 13.0 Å². The van der Waals surface area contributed by atoms with Crippen molar-refractivity contribution in [2.75, 3.05) is 18.4 Å². The molecule has 4 nitrogen and oxygen atoms in total. The molecule has 1 N–H and O–H groups in total. The number of hydrogen-bond acceptors (Lipinski definition) is 3. The van der Waals surface area contributed by atoms with Gasteiger partial charge in [-0.25, -0.2) is 4.98 Å². The summed E-state index contributed by atoms with van der Waals surface area (Å²) in [5, 5.41) is 3.28. The molecule has 0 saturated carbocycles. The average molecular weight is 261 g/mol. The Bertz CT molecular complexity index is 420. The molecule has 0 bridgehead atoms. The smallest absolute Gasteiger partial charge is 0.222 e. The number of rotatable bonds is 5. The van der Waals surface area contributed by atoms with Gasteiger partial charge in [0.2, 0.25) is 5.91 Å². The Hall–Kier alpha value is -1.58. The minimum atomic E-state index is 0.289. The van der Waals surface area contributed by atoms with Gasteiger partial charge in [-0.3, -0.25) is 4.79 Å². The van der Waals surface area contributed by atoms with Crippen molar-refractivity contribution in [3.05, 3.63) is 23.9 Å². The lowest BCUT2D eigenvalue weighted by Gasteiger charge is -2.20. The third-order valence-electron chi connectivity index (χ3n) is 3.43. The Morgan fingerprint density at radius 1 is 1.37 bits per heavy atom. The topological polar surface area (TPSA) is 45.2 Å². The normalized spacial score (nSPS) is 16.3. The van der Waals surface area contributed by atoms with Crippen LogP contribution in [0.2, 0.25) is 0 Å². The van der Waals surface area contributed by atoms with E-state index in [0.717, 1.165) is 43.7 Å². The van der Waals surface area contributed by atoms with Crippen LogP contribution in [0, 0.1) is 0 Å². The number of hydrogen-bond donors (Lipinski definition) is 1. The van der Waals surface area contributed by atoms with Gasteiger partial charge in [-0.05, 0) is 37.0 Å². The lowest BCUT2D eigenvalue weighted by Crippen LogP contribution is -2.29. The molecule has 1 aromatic heterocycles. The quantitative estimate of drug-likeness (QED) is 0.886. The zero-order chi connectivity index (χ0) is 13.5. The van der Waals surface area contributed by atoms with Crippen LogP contribution in [0.15, 0.2) is 18.3 Å². The molecule has 1 aromatic rings. The van der Waals surface area contributed by atoms with E-state index >= 15 is 0 Å². The molecule has 104 valence electrons. The number of aromatic nitrogens is 1. The highest BCUT2D eigenvalue weighted by molar-refractivity contribution is 5.76. The Morgan fingerprint density at radius 3 is 3.11 bits per heavy atom. The summed E-state index contributed by atoms with van der Waals surface area (Å²) in [4.78, 5) is 18.2. The maximum absolute atomic E-state index is 12.0. The van der Waals surface area contributed by atoms with E-state index in [1.165, 1.54) is 6.42 Å². The summed E-state index contributed by atoms with van der Waals surface area (Å²) < 4.78 is 0. The minimum Gasteiger partial charge on any atom is -0.370 e. The van der Waals surface area contributed by atoms with Gasteiger partial charge in [0.1, 0.15) is 5.82 Å². The lowest BCUT2D eigenvalue weighted by atomic mass is 10.2. The number of carbonyl (C=O) groups is 1. The molecule has 4 heteroatoms. The van der Waals surface area contributed by atoms with Crippen LogP contribution in [0.5, 0.6) is 0 Å². The van der Waals surface area contributed by atoms with Gasteiger partial charge in [-0.2, -0.15) is 0 Å². The monoisotopic (exact) mass is 261 g/mol. The van der Waals surface area contributed by atoms with Crippen LogP contribution < -0.4 is 5.32 Å². The predicted octanol–water partition coefficient (Wildman–Crippen LogP) is 2.81. The second kappa shape index (κ2) is 7.12. The maximum atomic E-state index is 12.0. The molecule has 1 aliphatic rings. The minimum absolute atomic E-state index is 0.289. The third kappa shape index (κ3) is 4.23. The van der Waals surface area contributed by atoms with E-state index in [1.807, 2.05) is 23.2 Å². The fourth-order valence-corrected chi connectivity index (χ4v) is 2.35. The number of nitrogens with zero attached hydrogens (tertiary/aromatic N) is 2. The van der Waals surface area contributed by atoms with E-state index in [1.54, 1.807) is 0 Å². The first-order chi connectivity index (χ1) is 9.29. The second-order valence-electron chi connectivity index (χ2n) is 5.10. The van der Waals surface area contributed by atoms with E-state index in [2.05, 4.69) is 17.2 Å². The first-order valence-corrected chi connectivity index (χ1v) is 7.26. The number of anilines is 1. The predicted molar refractivity (Wildman–Crippen MR) is 76.9 cm³/mol. The van der Waals surface area contributed by atoms with Crippen LogP contribution >= 0.6 is 0 Å². The highest BCUT2D eigenvalue weighted by Crippen LogP contribution is 2.15. The summed E-state index contributed by atoms with van der Waals surface area (Å²) in [5.74, 6) is 1.19. The SMILES string of the molecule is CCCNc1cc(CN2CCCCCC2=O)ccn1. The summed E-state index contributed by atoms with van der Waals surface area (Å²) in [6.07, 6.45) is 6.92. The van der Waals surface area contributed by atoms with E-state index in [9.17, 15) is 4.79 Å². The fourth-order valence-electron chi connectivity index (χ4n) is 2.35. The molecule has 0 aliphatic carbocycles. The number of pyridine rings is 1. The first-order valence-electron chi connectivity index (χ1n) is 7.26. The summed E-state index contributed by atoms with van der Waals surface area (Å²) in [6, 6.07) is 4.04. The van der Waals surface area contributed by atoms with Crippen LogP contribution in [0.3, 0.4) is 0 Å². The molecule has 1 aliphatic heterocycles. The first kappa shape index (κ1) is 13.8. The van der Waals surface area contributed by atoms with Crippen molar-refractivity contribution in [1.82, 2.24) is 9.88 Å². The van der Waals surface area contributed by atoms with Crippen molar-refractivity contribution in [3.63, 3.8) is 0 Å². The van der Waals surface area contributed by atoms with Crippen molar-refractivity contribution in [2.24, 2.45) is 0 Å². The molecular formula is C15H23N3O. The van der Waals surface area contributed by atoms with E-state index in [-0.39, 0.29) is 5.91 Å². The van der Waals surface area contributed by atoms with Crippen LogP contribution in [-0.4, -0.2) is 28.9 Å². The Labute approximate surface area is 115 Å². The molecular weight excluding hydrogens is 238 g/mol. The van der Waals surface area contributed by atoms with Gasteiger partial charge in [0.25, 0.3) is 0 Å². The number of carbonyl (C=O) groups excluding carboxylic acids is 1. The Morgan fingerprint density at radius 2 is 2.26 bits per heavy atom. The van der Waals surface area contributed by atoms with Crippen molar-refractivity contribution in [1.29, 1.82) is 0 Å². The number of likely N-dealkylation sites (tertiary alicyclic amines) is 1. The third-order valence-corrected chi connectivity index (χ3v) is 3.43. The fraction of sp³-hybridized carbons (Fsp3) is 0.600. The Balaban J connectivity index is 1.99. The van der Waals surface area contributed by atoms with Crippen molar-refractivity contribution in [2.45, 2.75) is 45.6 Å². The lowest BCUT2D eigenvalue weighted by molar-refractivity contribution is -0.131. The van der Waals surface area contributed by atoms with Gasteiger partial charge in [-0.1, -0.05) is 13.3 Å². The van der Waals surface area contributed by atoms with Gasteiger partial charge in [0, 0.05) is 32.3 Å². The average Bonchev–Trinajstić information content (AvgIpc) is 2.62. The molecule has 0 unspecified atom stereocenters. The molecule has 19 heavy (non-hydrogen) atoms. The van der Waals surface area contributed by atoms with Crippen molar-refractivity contribution >= 4 is 11.7 Å². The molecule has 1 amide bonds. The molecule has 0 atom stereocenters. The van der Waals surface area contributed by atoms with Gasteiger partial charge >= 0.3 is 0 Å². The van der Waals surface area contributed by atoms with E-state index < -0.39 is 0 Å². The number of nitrogens with one attached hydrogen (secondary N) is 1. The number of amides is 1. The zero-order valence-corrected chi connectivity index (χ0v) is 11.7. The van der Waals surface area contributed by atoms with E-state index in [4.69, 9.17) is 0 Å². The molecule has 1 fully saturated rings. The highest BCUT2D eigenvalue weighted by atomic mass is 16.2. The van der Waals surface area contributed by atoms with Gasteiger partial charge in [-0.15, -0.1) is 0 Å². The maximum Gasteiger partial charge on any atom is 0.222 e. The Kier molecular flexibility index (Phi) is 5.19. The van der Waals surface area contributed by atoms with Gasteiger partial charge in [0.15, 0.2) is 0 Å². The van der Waals surface area contributed by atoms with Gasteiger partial charge in [0.05, 0.1) is 0 Å². The van der Waals surface area contributed by atoms with Crippen LogP contribution in [-0.2, 0) is 11.3 Å². The molecule has 2 rings (SSSR count). The highest BCUT2D eigenvalue weighted by Gasteiger charge is 2.16. The summed E-state index contributed by atoms with van der Waals surface area (Å²) in [5.41, 5.74) is 1.16. The van der Waals surface area contributed by atoms with Crippen LogP contribution in [0.25, 0.3) is 0 Å².